The van der Waals surface area contributed by atoms with E-state index in [1.54, 1.807) is 24.3 Å². The van der Waals surface area contributed by atoms with Crippen LogP contribution in [0.4, 0.5) is 11.4 Å². The summed E-state index contributed by atoms with van der Waals surface area (Å²) in [7, 11) is 0. The molecule has 6 heteroatoms. The van der Waals surface area contributed by atoms with Crippen molar-refractivity contribution in [2.45, 2.75) is 45.1 Å². The minimum atomic E-state index is -0.245. The van der Waals surface area contributed by atoms with Crippen LogP contribution in [-0.2, 0) is 14.4 Å². The molecule has 0 bridgehead atoms. The lowest BCUT2D eigenvalue weighted by molar-refractivity contribution is -0.914. The number of benzene rings is 1. The molecule has 2 N–H and O–H groups in total. The van der Waals surface area contributed by atoms with Crippen molar-refractivity contribution >= 4 is 29.1 Å². The number of carbonyl (C=O) groups is 3. The van der Waals surface area contributed by atoms with Crippen molar-refractivity contribution < 1.29 is 19.3 Å². The number of hydrogen-bond acceptors (Lipinski definition) is 3. The normalized spacial score (nSPS) is 22.5. The average Bonchev–Trinajstić information content (AvgIpc) is 2.73. The molecule has 128 valence electrons. The molecule has 0 unspecified atom stereocenters. The van der Waals surface area contributed by atoms with E-state index in [-0.39, 0.29) is 23.8 Å². The van der Waals surface area contributed by atoms with Gasteiger partial charge in [-0.2, -0.15) is 0 Å². The summed E-state index contributed by atoms with van der Waals surface area (Å²) in [6, 6.07) is 6.60. The largest absolute Gasteiger partial charge is 0.326 e. The van der Waals surface area contributed by atoms with Crippen LogP contribution in [0.15, 0.2) is 24.3 Å². The fourth-order valence-corrected chi connectivity index (χ4v) is 3.65. The van der Waals surface area contributed by atoms with Crippen LogP contribution in [0.3, 0.4) is 0 Å². The van der Waals surface area contributed by atoms with Gasteiger partial charge in [0.1, 0.15) is 0 Å². The number of nitrogens with one attached hydrogen (secondary N) is 2. The van der Waals surface area contributed by atoms with Crippen molar-refractivity contribution in [3.8, 4) is 0 Å². The molecule has 1 aromatic rings. The molecule has 2 saturated heterocycles. The smallest absolute Gasteiger partial charge is 0.292 e. The molecule has 6 nitrogen and oxygen atoms in total. The number of anilines is 2. The topological polar surface area (TPSA) is 70.9 Å². The summed E-state index contributed by atoms with van der Waals surface area (Å²) >= 11 is 0. The summed E-state index contributed by atoms with van der Waals surface area (Å²) in [6.45, 7) is 3.38. The first-order valence-corrected chi connectivity index (χ1v) is 8.65. The molecule has 2 aliphatic rings. The highest BCUT2D eigenvalue weighted by molar-refractivity contribution is 6.21. The van der Waals surface area contributed by atoms with Crippen molar-refractivity contribution in [3.63, 3.8) is 0 Å². The van der Waals surface area contributed by atoms with Gasteiger partial charge in [0.25, 0.3) is 5.91 Å². The summed E-state index contributed by atoms with van der Waals surface area (Å²) in [5, 5.41) is 2.68. The predicted molar refractivity (Wildman–Crippen MR) is 90.8 cm³/mol. The Morgan fingerprint density at radius 1 is 1.08 bits per heavy atom. The Kier molecular flexibility index (Phi) is 4.94. The van der Waals surface area contributed by atoms with E-state index in [2.05, 4.69) is 5.32 Å². The summed E-state index contributed by atoms with van der Waals surface area (Å²) in [6.07, 6.45) is 4.97. The van der Waals surface area contributed by atoms with Crippen LogP contribution in [0.2, 0.25) is 0 Å². The first kappa shape index (κ1) is 16.6. The third kappa shape index (κ3) is 3.48. The van der Waals surface area contributed by atoms with E-state index in [4.69, 9.17) is 0 Å². The van der Waals surface area contributed by atoms with Gasteiger partial charge in [-0.1, -0.05) is 0 Å². The molecule has 2 fully saturated rings. The van der Waals surface area contributed by atoms with Crippen molar-refractivity contribution in [1.29, 1.82) is 0 Å². The van der Waals surface area contributed by atoms with Crippen LogP contribution >= 0.6 is 0 Å². The lowest BCUT2D eigenvalue weighted by atomic mass is 10.2. The minimum Gasteiger partial charge on any atom is -0.326 e. The second-order valence-corrected chi connectivity index (χ2v) is 6.62. The van der Waals surface area contributed by atoms with Gasteiger partial charge in [-0.25, -0.2) is 4.90 Å². The molecular formula is C18H24N3O3+. The van der Waals surface area contributed by atoms with Gasteiger partial charge in [0, 0.05) is 12.6 Å². The molecule has 2 aliphatic heterocycles. The van der Waals surface area contributed by atoms with E-state index in [0.29, 0.717) is 17.8 Å². The molecule has 0 aromatic heterocycles. The molecule has 0 radical (unpaired) electrons. The standard InChI is InChI=1S/C18H23N3O3/c1-13(22)19-14-6-8-15(9-7-14)21-17(23)12-16(18(21)24)20-10-4-2-3-5-11-20/h6-9,16H,2-5,10-12H2,1H3,(H,19,22)/p+1/t16-/m1/s1. The van der Waals surface area contributed by atoms with Gasteiger partial charge in [0.05, 0.1) is 25.2 Å². The zero-order chi connectivity index (χ0) is 17.1. The van der Waals surface area contributed by atoms with Gasteiger partial charge in [-0.15, -0.1) is 0 Å². The van der Waals surface area contributed by atoms with Gasteiger partial charge in [-0.3, -0.25) is 14.4 Å². The predicted octanol–water partition coefficient (Wildman–Crippen LogP) is 0.736. The quantitative estimate of drug-likeness (QED) is 0.803. The van der Waals surface area contributed by atoms with Gasteiger partial charge in [0.15, 0.2) is 6.04 Å². The number of nitrogens with zero attached hydrogens (tertiary/aromatic N) is 1. The fourth-order valence-electron chi connectivity index (χ4n) is 3.65. The van der Waals surface area contributed by atoms with Crippen LogP contribution in [0.5, 0.6) is 0 Å². The van der Waals surface area contributed by atoms with E-state index in [1.807, 2.05) is 0 Å². The minimum absolute atomic E-state index is 0.0934. The average molecular weight is 330 g/mol. The summed E-state index contributed by atoms with van der Waals surface area (Å²) in [5.74, 6) is -0.376. The Labute approximate surface area is 141 Å². The molecule has 2 heterocycles. The number of imide groups is 1. The van der Waals surface area contributed by atoms with Crippen LogP contribution in [-0.4, -0.2) is 36.9 Å². The number of carbonyl (C=O) groups excluding carboxylic acids is 3. The molecule has 0 spiro atoms. The van der Waals surface area contributed by atoms with Crippen molar-refractivity contribution in [2.75, 3.05) is 23.3 Å². The van der Waals surface area contributed by atoms with Crippen molar-refractivity contribution in [3.05, 3.63) is 24.3 Å². The third-order valence-corrected chi connectivity index (χ3v) is 4.83. The second kappa shape index (κ2) is 7.13. The molecular weight excluding hydrogens is 306 g/mol. The van der Waals surface area contributed by atoms with E-state index < -0.39 is 0 Å². The highest BCUT2D eigenvalue weighted by Gasteiger charge is 2.45. The fraction of sp³-hybridized carbons (Fsp3) is 0.500. The maximum Gasteiger partial charge on any atom is 0.292 e. The van der Waals surface area contributed by atoms with Gasteiger partial charge < -0.3 is 10.2 Å². The molecule has 3 rings (SSSR count). The monoisotopic (exact) mass is 330 g/mol. The van der Waals surface area contributed by atoms with Crippen molar-refractivity contribution in [2.24, 2.45) is 0 Å². The maximum absolute atomic E-state index is 12.8. The summed E-state index contributed by atoms with van der Waals surface area (Å²) in [4.78, 5) is 38.8. The first-order valence-electron chi connectivity index (χ1n) is 8.65. The zero-order valence-corrected chi connectivity index (χ0v) is 14.0. The Bertz CT molecular complexity index is 633. The Morgan fingerprint density at radius 2 is 1.71 bits per heavy atom. The molecule has 0 saturated carbocycles. The molecule has 24 heavy (non-hydrogen) atoms. The Morgan fingerprint density at radius 3 is 2.29 bits per heavy atom. The maximum atomic E-state index is 12.8. The number of amides is 3. The molecule has 0 aliphatic carbocycles. The molecule has 1 aromatic carbocycles. The number of rotatable bonds is 3. The summed E-state index contributed by atoms with van der Waals surface area (Å²) in [5.41, 5.74) is 1.23. The van der Waals surface area contributed by atoms with Crippen LogP contribution in [0, 0.1) is 0 Å². The number of likely N-dealkylation sites (tertiary alicyclic amines) is 1. The van der Waals surface area contributed by atoms with Gasteiger partial charge in [0.2, 0.25) is 11.8 Å². The van der Waals surface area contributed by atoms with Gasteiger partial charge in [-0.05, 0) is 49.9 Å². The molecule has 1 atom stereocenters. The van der Waals surface area contributed by atoms with Crippen molar-refractivity contribution in [1.82, 2.24) is 0 Å². The lowest BCUT2D eigenvalue weighted by Crippen LogP contribution is -3.16. The van der Waals surface area contributed by atoms with Crippen LogP contribution in [0.25, 0.3) is 0 Å². The zero-order valence-electron chi connectivity index (χ0n) is 14.0. The highest BCUT2D eigenvalue weighted by Crippen LogP contribution is 2.24. The van der Waals surface area contributed by atoms with E-state index in [1.165, 1.54) is 29.6 Å². The van der Waals surface area contributed by atoms with Gasteiger partial charge >= 0.3 is 0 Å². The second-order valence-electron chi connectivity index (χ2n) is 6.62. The highest BCUT2D eigenvalue weighted by atomic mass is 16.2. The molecule has 3 amide bonds. The summed E-state index contributed by atoms with van der Waals surface area (Å²) < 4.78 is 0. The van der Waals surface area contributed by atoms with E-state index in [9.17, 15) is 14.4 Å². The Hall–Kier alpha value is -2.21. The van der Waals surface area contributed by atoms with Crippen LogP contribution in [0.1, 0.15) is 39.0 Å². The lowest BCUT2D eigenvalue weighted by Gasteiger charge is -2.22. The number of hydrogen-bond donors (Lipinski definition) is 2. The SMILES string of the molecule is CC(=O)Nc1ccc(N2C(=O)C[C@@H]([NH+]3CCCCCC3)C2=O)cc1. The van der Waals surface area contributed by atoms with Crippen LogP contribution < -0.4 is 15.1 Å². The van der Waals surface area contributed by atoms with E-state index >= 15 is 0 Å². The van der Waals surface area contributed by atoms with E-state index in [0.717, 1.165) is 25.9 Å². The first-order chi connectivity index (χ1) is 11.6. The Balaban J connectivity index is 1.75. The third-order valence-electron chi connectivity index (χ3n) is 4.83. The number of quaternary nitrogens is 1.